The Morgan fingerprint density at radius 1 is 1.17 bits per heavy atom. The van der Waals surface area contributed by atoms with Crippen LogP contribution in [-0.4, -0.2) is 30.7 Å². The number of aromatic nitrogens is 1. The van der Waals surface area contributed by atoms with Gasteiger partial charge in [0, 0.05) is 18.8 Å². The summed E-state index contributed by atoms with van der Waals surface area (Å²) in [5, 5.41) is 3.48. The molecule has 0 amide bonds. The zero-order chi connectivity index (χ0) is 17.1. The van der Waals surface area contributed by atoms with Crippen LogP contribution in [0.1, 0.15) is 52.0 Å². The molecule has 1 aliphatic rings. The Morgan fingerprint density at radius 2 is 1.83 bits per heavy atom. The zero-order valence-electron chi connectivity index (χ0n) is 14.6. The molecule has 0 spiro atoms. The molecule has 2 N–H and O–H groups in total. The highest BCUT2D eigenvalue weighted by Crippen LogP contribution is 2.26. The number of rotatable bonds is 5. The van der Waals surface area contributed by atoms with E-state index < -0.39 is 14.8 Å². The first-order chi connectivity index (χ1) is 10.7. The van der Waals surface area contributed by atoms with E-state index in [1.807, 2.05) is 19.2 Å². The van der Waals surface area contributed by atoms with Crippen LogP contribution in [0.4, 0.5) is 5.82 Å². The van der Waals surface area contributed by atoms with Crippen molar-refractivity contribution in [2.45, 2.75) is 64.2 Å². The fourth-order valence-electron chi connectivity index (χ4n) is 2.72. The summed E-state index contributed by atoms with van der Waals surface area (Å²) in [5.41, 5.74) is 1.16. The largest absolute Gasteiger partial charge is 0.367 e. The number of pyridine rings is 1. The number of nitrogens with one attached hydrogen (secondary N) is 2. The molecule has 0 radical (unpaired) electrons. The van der Waals surface area contributed by atoms with Gasteiger partial charge in [0.25, 0.3) is 0 Å². The Balaban J connectivity index is 1.77. The van der Waals surface area contributed by atoms with Crippen molar-refractivity contribution in [1.29, 1.82) is 0 Å². The summed E-state index contributed by atoms with van der Waals surface area (Å²) in [7, 11) is -3.24. The minimum Gasteiger partial charge on any atom is -0.367 e. The summed E-state index contributed by atoms with van der Waals surface area (Å²) in [4.78, 5) is 4.38. The number of anilines is 1. The molecule has 1 aromatic rings. The summed E-state index contributed by atoms with van der Waals surface area (Å²) >= 11 is 0. The Hall–Kier alpha value is -1.14. The summed E-state index contributed by atoms with van der Waals surface area (Å²) in [6, 6.07) is 4.50. The van der Waals surface area contributed by atoms with Gasteiger partial charge in [-0.15, -0.1) is 0 Å². The molecule has 0 atom stereocenters. The first-order valence-corrected chi connectivity index (χ1v) is 9.84. The number of hydrogen-bond donors (Lipinski definition) is 2. The lowest BCUT2D eigenvalue weighted by molar-refractivity contribution is 0.336. The highest BCUT2D eigenvalue weighted by Gasteiger charge is 2.30. The molecule has 23 heavy (non-hydrogen) atoms. The van der Waals surface area contributed by atoms with Crippen molar-refractivity contribution >= 4 is 15.8 Å². The van der Waals surface area contributed by atoms with Crippen molar-refractivity contribution in [3.63, 3.8) is 0 Å². The highest BCUT2D eigenvalue weighted by molar-refractivity contribution is 7.90. The lowest BCUT2D eigenvalue weighted by atomic mass is 9.86. The van der Waals surface area contributed by atoms with E-state index in [-0.39, 0.29) is 0 Å². The smallest absolute Gasteiger partial charge is 0.216 e. The first-order valence-electron chi connectivity index (χ1n) is 8.36. The molecular weight excluding hydrogens is 310 g/mol. The summed E-state index contributed by atoms with van der Waals surface area (Å²) in [6.45, 7) is 7.76. The third kappa shape index (κ3) is 5.18. The second kappa shape index (κ2) is 7.18. The molecule has 0 unspecified atom stereocenters. The van der Waals surface area contributed by atoms with E-state index in [9.17, 15) is 8.42 Å². The van der Waals surface area contributed by atoms with Gasteiger partial charge in [-0.3, -0.25) is 0 Å². The molecule has 2 rings (SSSR count). The molecule has 1 heterocycles. The van der Waals surface area contributed by atoms with Crippen LogP contribution in [0.2, 0.25) is 0 Å². The van der Waals surface area contributed by atoms with Gasteiger partial charge >= 0.3 is 0 Å². The molecule has 1 saturated carbocycles. The van der Waals surface area contributed by atoms with E-state index >= 15 is 0 Å². The summed E-state index contributed by atoms with van der Waals surface area (Å²) in [5.74, 6) is 1.35. The van der Waals surface area contributed by atoms with Gasteiger partial charge in [-0.25, -0.2) is 18.1 Å². The number of sulfonamides is 1. The molecule has 1 fully saturated rings. The van der Waals surface area contributed by atoms with Gasteiger partial charge in [0.1, 0.15) is 5.82 Å². The van der Waals surface area contributed by atoms with Crippen LogP contribution in [0.3, 0.4) is 0 Å². The Morgan fingerprint density at radius 3 is 2.35 bits per heavy atom. The lowest BCUT2D eigenvalue weighted by Gasteiger charge is -2.30. The van der Waals surface area contributed by atoms with E-state index in [1.54, 1.807) is 20.8 Å². The minimum atomic E-state index is -3.24. The SMILES string of the molecule is Cc1ccc(N[C@H]2CC[C@H](CNS(=O)(=O)C(C)(C)C)CC2)nc1. The maximum absolute atomic E-state index is 12.1. The molecule has 0 aliphatic heterocycles. The number of hydrogen-bond acceptors (Lipinski definition) is 4. The van der Waals surface area contributed by atoms with Gasteiger partial charge in [0.2, 0.25) is 10.0 Å². The first kappa shape index (κ1) is 18.2. The predicted octanol–water partition coefficient (Wildman–Crippen LogP) is 3.08. The monoisotopic (exact) mass is 339 g/mol. The van der Waals surface area contributed by atoms with E-state index in [4.69, 9.17) is 0 Å². The third-order valence-corrected chi connectivity index (χ3v) is 6.64. The highest BCUT2D eigenvalue weighted by atomic mass is 32.2. The van der Waals surface area contributed by atoms with Crippen LogP contribution in [0.15, 0.2) is 18.3 Å². The van der Waals surface area contributed by atoms with Crippen LogP contribution in [0.25, 0.3) is 0 Å². The van der Waals surface area contributed by atoms with Crippen LogP contribution >= 0.6 is 0 Å². The Labute approximate surface area is 140 Å². The molecule has 130 valence electrons. The van der Waals surface area contributed by atoms with E-state index in [0.29, 0.717) is 18.5 Å². The fourth-order valence-corrected chi connectivity index (χ4v) is 3.61. The maximum atomic E-state index is 12.1. The van der Waals surface area contributed by atoms with Crippen LogP contribution in [0, 0.1) is 12.8 Å². The van der Waals surface area contributed by atoms with Gasteiger partial charge in [-0.05, 0) is 70.9 Å². The van der Waals surface area contributed by atoms with Gasteiger partial charge in [-0.1, -0.05) is 6.07 Å². The average Bonchev–Trinajstić information content (AvgIpc) is 2.48. The molecule has 6 heteroatoms. The van der Waals surface area contributed by atoms with Crippen LogP contribution in [-0.2, 0) is 10.0 Å². The maximum Gasteiger partial charge on any atom is 0.216 e. The topological polar surface area (TPSA) is 71.1 Å². The average molecular weight is 340 g/mol. The number of aryl methyl sites for hydroxylation is 1. The second-order valence-electron chi connectivity index (χ2n) is 7.55. The van der Waals surface area contributed by atoms with E-state index in [2.05, 4.69) is 21.1 Å². The quantitative estimate of drug-likeness (QED) is 0.865. The van der Waals surface area contributed by atoms with Crippen molar-refractivity contribution in [3.8, 4) is 0 Å². The van der Waals surface area contributed by atoms with Crippen LogP contribution < -0.4 is 10.0 Å². The van der Waals surface area contributed by atoms with Gasteiger partial charge in [0.05, 0.1) is 4.75 Å². The second-order valence-corrected chi connectivity index (χ2v) is 10.1. The van der Waals surface area contributed by atoms with Gasteiger partial charge < -0.3 is 5.32 Å². The summed E-state index contributed by atoms with van der Waals surface area (Å²) in [6.07, 6.45) is 6.05. The molecule has 1 aromatic heterocycles. The normalized spacial score (nSPS) is 22.8. The van der Waals surface area contributed by atoms with Gasteiger partial charge in [0.15, 0.2) is 0 Å². The minimum absolute atomic E-state index is 0.427. The Bertz CT molecular complexity index is 598. The molecule has 1 aliphatic carbocycles. The third-order valence-electron chi connectivity index (χ3n) is 4.48. The van der Waals surface area contributed by atoms with Crippen molar-refractivity contribution in [1.82, 2.24) is 9.71 Å². The lowest BCUT2D eigenvalue weighted by Crippen LogP contribution is -2.42. The zero-order valence-corrected chi connectivity index (χ0v) is 15.4. The number of nitrogens with zero attached hydrogens (tertiary/aromatic N) is 1. The van der Waals surface area contributed by atoms with Crippen molar-refractivity contribution in [3.05, 3.63) is 23.9 Å². The molecule has 0 saturated heterocycles. The molecule has 0 aromatic carbocycles. The van der Waals surface area contributed by atoms with Crippen molar-refractivity contribution in [2.75, 3.05) is 11.9 Å². The fraction of sp³-hybridized carbons (Fsp3) is 0.706. The van der Waals surface area contributed by atoms with E-state index in [0.717, 1.165) is 37.1 Å². The van der Waals surface area contributed by atoms with Crippen molar-refractivity contribution < 1.29 is 8.42 Å². The van der Waals surface area contributed by atoms with Gasteiger partial charge in [-0.2, -0.15) is 0 Å². The molecule has 5 nitrogen and oxygen atoms in total. The van der Waals surface area contributed by atoms with Crippen LogP contribution in [0.5, 0.6) is 0 Å². The Kier molecular flexibility index (Phi) is 5.68. The molecular formula is C17H29N3O2S. The standard InChI is InChI=1S/C17H29N3O2S/c1-13-5-10-16(18-11-13)20-15-8-6-14(7-9-15)12-19-23(21,22)17(2,3)4/h5,10-11,14-15,19H,6-9,12H2,1-4H3,(H,18,20)/t14-,15-. The summed E-state index contributed by atoms with van der Waals surface area (Å²) < 4.78 is 26.2. The molecule has 0 bridgehead atoms. The van der Waals surface area contributed by atoms with Crippen molar-refractivity contribution in [2.24, 2.45) is 5.92 Å². The van der Waals surface area contributed by atoms with E-state index in [1.165, 1.54) is 0 Å². The predicted molar refractivity (Wildman–Crippen MR) is 95.0 cm³/mol.